The molecule has 1 amide bonds. The lowest BCUT2D eigenvalue weighted by Gasteiger charge is -2.31. The zero-order chi connectivity index (χ0) is 18.5. The second kappa shape index (κ2) is 8.33. The molecule has 1 aliphatic heterocycles. The lowest BCUT2D eigenvalue weighted by molar-refractivity contribution is -0.0457. The fraction of sp³-hybridized carbons (Fsp3) is 0.474. The minimum absolute atomic E-state index is 0.0746. The molecular weight excluding hydrogens is 334 g/mol. The van der Waals surface area contributed by atoms with Crippen molar-refractivity contribution >= 4 is 5.91 Å². The van der Waals surface area contributed by atoms with Gasteiger partial charge in [-0.1, -0.05) is 11.6 Å². The van der Waals surface area contributed by atoms with E-state index < -0.39 is 0 Å². The van der Waals surface area contributed by atoms with Crippen LogP contribution < -0.4 is 5.32 Å². The molecule has 140 valence electrons. The van der Waals surface area contributed by atoms with Gasteiger partial charge in [0, 0.05) is 12.7 Å². The van der Waals surface area contributed by atoms with Crippen LogP contribution in [0, 0.1) is 6.92 Å². The maximum Gasteiger partial charge on any atom is 0.272 e. The summed E-state index contributed by atoms with van der Waals surface area (Å²) in [5.74, 6) is 1.19. The Morgan fingerprint density at radius 2 is 2.31 bits per heavy atom. The van der Waals surface area contributed by atoms with Gasteiger partial charge in [-0.15, -0.1) is 0 Å². The van der Waals surface area contributed by atoms with Gasteiger partial charge in [0.15, 0.2) is 11.5 Å². The second-order valence-electron chi connectivity index (χ2n) is 6.67. The summed E-state index contributed by atoms with van der Waals surface area (Å²) < 4.78 is 17.0. The largest absolute Gasteiger partial charge is 0.460 e. The average molecular weight is 359 g/mol. The molecule has 2 N–H and O–H groups in total. The molecule has 0 unspecified atom stereocenters. The Labute approximate surface area is 152 Å². The number of hydrogen-bond donors (Lipinski definition) is 2. The molecule has 1 fully saturated rings. The smallest absolute Gasteiger partial charge is 0.272 e. The van der Waals surface area contributed by atoms with E-state index in [1.165, 1.54) is 5.57 Å². The Morgan fingerprint density at radius 3 is 3.04 bits per heavy atom. The van der Waals surface area contributed by atoms with E-state index in [9.17, 15) is 4.79 Å². The fourth-order valence-corrected chi connectivity index (χ4v) is 2.78. The van der Waals surface area contributed by atoms with Gasteiger partial charge in [0.1, 0.15) is 11.5 Å². The van der Waals surface area contributed by atoms with Gasteiger partial charge in [-0.3, -0.25) is 9.89 Å². The van der Waals surface area contributed by atoms with Crippen molar-refractivity contribution in [3.05, 3.63) is 41.3 Å². The molecule has 7 nitrogen and oxygen atoms in total. The van der Waals surface area contributed by atoms with Crippen LogP contribution in [0.5, 0.6) is 0 Å². The van der Waals surface area contributed by atoms with Gasteiger partial charge in [-0.05, 0) is 39.3 Å². The van der Waals surface area contributed by atoms with Gasteiger partial charge in [-0.25, -0.2) is 0 Å². The number of aryl methyl sites for hydroxylation is 1. The molecule has 0 bridgehead atoms. The van der Waals surface area contributed by atoms with Crippen LogP contribution in [0.2, 0.25) is 0 Å². The van der Waals surface area contributed by atoms with Crippen LogP contribution in [0.1, 0.15) is 36.5 Å². The van der Waals surface area contributed by atoms with Crippen LogP contribution >= 0.6 is 0 Å². The van der Waals surface area contributed by atoms with Gasteiger partial charge in [0.2, 0.25) is 0 Å². The normalized spacial score (nSPS) is 20.0. The molecular formula is C19H25N3O4. The predicted molar refractivity (Wildman–Crippen MR) is 96.9 cm³/mol. The fourth-order valence-electron chi connectivity index (χ4n) is 2.78. The number of furan rings is 1. The number of hydrogen-bond acceptors (Lipinski definition) is 5. The number of aromatic amines is 1. The predicted octanol–water partition coefficient (Wildman–Crippen LogP) is 2.85. The molecule has 2 aromatic rings. The first-order valence-corrected chi connectivity index (χ1v) is 8.78. The van der Waals surface area contributed by atoms with Crippen LogP contribution in [-0.2, 0) is 9.47 Å². The van der Waals surface area contributed by atoms with Crippen LogP contribution in [0.25, 0.3) is 11.5 Å². The molecule has 0 aliphatic carbocycles. The summed E-state index contributed by atoms with van der Waals surface area (Å²) in [6.45, 7) is 7.52. The number of rotatable bonds is 6. The summed E-state index contributed by atoms with van der Waals surface area (Å²) in [6, 6.07) is 5.18. The summed E-state index contributed by atoms with van der Waals surface area (Å²) in [4.78, 5) is 12.5. The molecule has 0 saturated carbocycles. The third kappa shape index (κ3) is 4.62. The number of H-pyrrole nitrogens is 1. The van der Waals surface area contributed by atoms with E-state index in [0.29, 0.717) is 37.0 Å². The van der Waals surface area contributed by atoms with Crippen LogP contribution in [-0.4, -0.2) is 48.1 Å². The topological polar surface area (TPSA) is 89.4 Å². The van der Waals surface area contributed by atoms with Crippen molar-refractivity contribution in [3.63, 3.8) is 0 Å². The molecule has 26 heavy (non-hydrogen) atoms. The molecule has 7 heteroatoms. The average Bonchev–Trinajstić information content (AvgIpc) is 3.25. The van der Waals surface area contributed by atoms with Gasteiger partial charge in [0.05, 0.1) is 25.4 Å². The molecule has 0 radical (unpaired) electrons. The molecule has 0 aromatic carbocycles. The molecule has 2 atom stereocenters. The monoisotopic (exact) mass is 359 g/mol. The number of nitrogens with one attached hydrogen (secondary N) is 2. The Hall–Kier alpha value is -2.38. The van der Waals surface area contributed by atoms with Crippen molar-refractivity contribution in [1.82, 2.24) is 15.5 Å². The highest BCUT2D eigenvalue weighted by molar-refractivity contribution is 5.93. The third-order valence-electron chi connectivity index (χ3n) is 4.23. The quantitative estimate of drug-likeness (QED) is 0.774. The molecule has 3 heterocycles. The van der Waals surface area contributed by atoms with Gasteiger partial charge >= 0.3 is 0 Å². The maximum atomic E-state index is 12.5. The first-order valence-electron chi connectivity index (χ1n) is 8.78. The van der Waals surface area contributed by atoms with Crippen LogP contribution in [0.4, 0.5) is 0 Å². The lowest BCUT2D eigenvalue weighted by atomic mass is 10.1. The zero-order valence-electron chi connectivity index (χ0n) is 15.4. The Balaban J connectivity index is 1.62. The number of carbonyl (C=O) groups excluding carboxylic acids is 1. The van der Waals surface area contributed by atoms with Crippen molar-refractivity contribution in [2.75, 3.05) is 19.8 Å². The Bertz CT molecular complexity index is 773. The Morgan fingerprint density at radius 1 is 1.46 bits per heavy atom. The number of aromatic nitrogens is 2. The van der Waals surface area contributed by atoms with E-state index in [-0.39, 0.29) is 18.1 Å². The first kappa shape index (κ1) is 18.4. The van der Waals surface area contributed by atoms with E-state index in [0.717, 1.165) is 12.2 Å². The number of amides is 1. The minimum atomic E-state index is -0.262. The van der Waals surface area contributed by atoms with E-state index in [4.69, 9.17) is 13.9 Å². The van der Waals surface area contributed by atoms with E-state index >= 15 is 0 Å². The number of carbonyl (C=O) groups is 1. The summed E-state index contributed by atoms with van der Waals surface area (Å²) in [5.41, 5.74) is 2.18. The van der Waals surface area contributed by atoms with E-state index in [1.807, 2.05) is 39.0 Å². The highest BCUT2D eigenvalue weighted by Gasteiger charge is 2.28. The number of nitrogens with zero attached hydrogens (tertiary/aromatic N) is 1. The minimum Gasteiger partial charge on any atom is -0.460 e. The van der Waals surface area contributed by atoms with Crippen molar-refractivity contribution < 1.29 is 18.7 Å². The summed E-state index contributed by atoms with van der Waals surface area (Å²) >= 11 is 0. The van der Waals surface area contributed by atoms with Crippen molar-refractivity contribution in [2.24, 2.45) is 0 Å². The van der Waals surface area contributed by atoms with Crippen LogP contribution in [0.3, 0.4) is 0 Å². The highest BCUT2D eigenvalue weighted by atomic mass is 16.5. The molecule has 1 aliphatic rings. The maximum absolute atomic E-state index is 12.5. The second-order valence-corrected chi connectivity index (χ2v) is 6.67. The molecule has 3 rings (SSSR count). The van der Waals surface area contributed by atoms with Crippen molar-refractivity contribution in [1.29, 1.82) is 0 Å². The first-order chi connectivity index (χ1) is 12.5. The summed E-state index contributed by atoms with van der Waals surface area (Å²) in [6.07, 6.45) is 2.70. The standard InChI is InChI=1S/C19H25N3O4/c1-12(2)6-9-25-17-7-8-24-11-16(17)20-19(23)15-10-14(21-22-15)18-5-4-13(3)26-18/h4-6,10,16-17H,7-9,11H2,1-3H3,(H,20,23)(H,21,22)/t16-,17+/m1/s1. The van der Waals surface area contributed by atoms with Crippen LogP contribution in [0.15, 0.2) is 34.3 Å². The third-order valence-corrected chi connectivity index (χ3v) is 4.23. The molecule has 0 spiro atoms. The van der Waals surface area contributed by atoms with Gasteiger partial charge < -0.3 is 19.2 Å². The Kier molecular flexibility index (Phi) is 5.90. The molecule has 1 saturated heterocycles. The van der Waals surface area contributed by atoms with Gasteiger partial charge in [0.25, 0.3) is 5.91 Å². The lowest BCUT2D eigenvalue weighted by Crippen LogP contribution is -2.50. The SMILES string of the molecule is CC(C)=CCO[C@H]1CCOC[C@H]1NC(=O)c1cc(-c2ccc(C)o2)[nH]n1. The number of allylic oxidation sites excluding steroid dienone is 1. The number of ether oxygens (including phenoxy) is 2. The van der Waals surface area contributed by atoms with E-state index in [1.54, 1.807) is 6.07 Å². The van der Waals surface area contributed by atoms with Crippen molar-refractivity contribution in [2.45, 2.75) is 39.3 Å². The highest BCUT2D eigenvalue weighted by Crippen LogP contribution is 2.20. The zero-order valence-corrected chi connectivity index (χ0v) is 15.4. The summed E-state index contributed by atoms with van der Waals surface area (Å²) in [5, 5.41) is 9.90. The molecule has 2 aromatic heterocycles. The summed E-state index contributed by atoms with van der Waals surface area (Å²) in [7, 11) is 0. The van der Waals surface area contributed by atoms with Gasteiger partial charge in [-0.2, -0.15) is 5.10 Å². The van der Waals surface area contributed by atoms with E-state index in [2.05, 4.69) is 15.5 Å². The van der Waals surface area contributed by atoms with Crippen molar-refractivity contribution in [3.8, 4) is 11.5 Å².